The van der Waals surface area contributed by atoms with Crippen LogP contribution in [-0.2, 0) is 6.54 Å². The first-order valence-electron chi connectivity index (χ1n) is 11.7. The molecule has 4 rings (SSSR count). The van der Waals surface area contributed by atoms with Crippen LogP contribution in [0.5, 0.6) is 0 Å². The zero-order valence-corrected chi connectivity index (χ0v) is 20.8. The van der Waals surface area contributed by atoms with Gasteiger partial charge in [-0.3, -0.25) is 4.79 Å². The first kappa shape index (κ1) is 26.7. The van der Waals surface area contributed by atoms with E-state index in [2.05, 4.69) is 25.5 Å². The molecule has 0 amide bonds. The van der Waals surface area contributed by atoms with Gasteiger partial charge in [0.15, 0.2) is 0 Å². The van der Waals surface area contributed by atoms with Gasteiger partial charge in [-0.25, -0.2) is 13.5 Å². The third-order valence-corrected chi connectivity index (χ3v) is 5.03. The summed E-state index contributed by atoms with van der Waals surface area (Å²) in [7, 11) is 4.03. The SMILES string of the molecule is CC.CN(C)CCCNc1nc(-c2cccc(Cn3nc(-c4cc(F)cc(F)c4)ccc3=O)c2)no1. The Morgan fingerprint density at radius 1 is 1.00 bits per heavy atom. The van der Waals surface area contributed by atoms with E-state index in [4.69, 9.17) is 4.52 Å². The normalized spacial score (nSPS) is 10.8. The second kappa shape index (κ2) is 12.7. The highest BCUT2D eigenvalue weighted by atomic mass is 19.1. The molecule has 2 aromatic heterocycles. The number of hydrogen-bond acceptors (Lipinski definition) is 7. The molecule has 0 spiro atoms. The number of benzene rings is 2. The van der Waals surface area contributed by atoms with Gasteiger partial charge >= 0.3 is 6.01 Å². The largest absolute Gasteiger partial charge is 0.338 e. The molecule has 0 aliphatic heterocycles. The molecule has 0 saturated carbocycles. The molecule has 2 heterocycles. The Kier molecular flexibility index (Phi) is 9.40. The van der Waals surface area contributed by atoms with Gasteiger partial charge in [0, 0.05) is 29.8 Å². The summed E-state index contributed by atoms with van der Waals surface area (Å²) in [4.78, 5) is 18.8. The van der Waals surface area contributed by atoms with E-state index in [9.17, 15) is 13.6 Å². The predicted octanol–water partition coefficient (Wildman–Crippen LogP) is 4.68. The van der Waals surface area contributed by atoms with Crippen LogP contribution >= 0.6 is 0 Å². The summed E-state index contributed by atoms with van der Waals surface area (Å²) >= 11 is 0. The summed E-state index contributed by atoms with van der Waals surface area (Å²) in [6.45, 7) is 5.81. The van der Waals surface area contributed by atoms with Crippen LogP contribution < -0.4 is 10.9 Å². The zero-order chi connectivity index (χ0) is 26.1. The Balaban J connectivity index is 0.00000176. The lowest BCUT2D eigenvalue weighted by molar-refractivity contribution is 0.400. The average molecular weight is 497 g/mol. The molecule has 0 fully saturated rings. The average Bonchev–Trinajstić information content (AvgIpc) is 3.33. The fourth-order valence-electron chi connectivity index (χ4n) is 3.40. The molecule has 0 atom stereocenters. The number of aromatic nitrogens is 4. The van der Waals surface area contributed by atoms with E-state index < -0.39 is 11.6 Å². The molecule has 36 heavy (non-hydrogen) atoms. The van der Waals surface area contributed by atoms with Crippen molar-refractivity contribution in [2.75, 3.05) is 32.5 Å². The van der Waals surface area contributed by atoms with Gasteiger partial charge in [0.25, 0.3) is 5.56 Å². The van der Waals surface area contributed by atoms with Gasteiger partial charge in [-0.15, -0.1) is 0 Å². The molecular weight excluding hydrogens is 466 g/mol. The Morgan fingerprint density at radius 3 is 2.47 bits per heavy atom. The van der Waals surface area contributed by atoms with Crippen LogP contribution in [0, 0.1) is 11.6 Å². The molecule has 10 heteroatoms. The highest BCUT2D eigenvalue weighted by molar-refractivity contribution is 5.59. The lowest BCUT2D eigenvalue weighted by atomic mass is 10.1. The predicted molar refractivity (Wildman–Crippen MR) is 136 cm³/mol. The van der Waals surface area contributed by atoms with Crippen LogP contribution in [0.2, 0.25) is 0 Å². The molecule has 0 aliphatic carbocycles. The van der Waals surface area contributed by atoms with Crippen molar-refractivity contribution in [1.82, 2.24) is 24.8 Å². The molecule has 4 aromatic rings. The number of anilines is 1. The Hall–Kier alpha value is -3.92. The lowest BCUT2D eigenvalue weighted by Gasteiger charge is -2.08. The maximum Gasteiger partial charge on any atom is 0.321 e. The standard InChI is InChI=1S/C24H24F2N6O2.C2H6/c1-31(2)10-4-9-27-24-28-23(30-34-24)17-6-3-5-16(11-17)15-32-22(33)8-7-21(29-32)18-12-19(25)14-20(26)13-18;1-2/h3,5-8,11-14H,4,9-10,15H2,1-2H3,(H,27,28,30);1-2H3. The second-order valence-corrected chi connectivity index (χ2v) is 8.08. The quantitative estimate of drug-likeness (QED) is 0.337. The van der Waals surface area contributed by atoms with Gasteiger partial charge < -0.3 is 14.7 Å². The Labute approximate surface area is 208 Å². The minimum absolute atomic E-state index is 0.159. The molecule has 8 nitrogen and oxygen atoms in total. The number of nitrogens with zero attached hydrogens (tertiary/aromatic N) is 5. The molecule has 0 saturated heterocycles. The molecular formula is C26H30F2N6O2. The fourth-order valence-corrected chi connectivity index (χ4v) is 3.40. The van der Waals surface area contributed by atoms with Gasteiger partial charge in [-0.05, 0) is 56.9 Å². The first-order valence-corrected chi connectivity index (χ1v) is 11.7. The van der Waals surface area contributed by atoms with E-state index in [1.165, 1.54) is 28.9 Å². The van der Waals surface area contributed by atoms with Crippen LogP contribution in [0.25, 0.3) is 22.6 Å². The van der Waals surface area contributed by atoms with E-state index in [-0.39, 0.29) is 23.4 Å². The van der Waals surface area contributed by atoms with Crippen molar-refractivity contribution < 1.29 is 13.3 Å². The number of halogens is 2. The molecule has 0 aliphatic rings. The summed E-state index contributed by atoms with van der Waals surface area (Å²) in [5.74, 6) is -1.01. The number of nitrogens with one attached hydrogen (secondary N) is 1. The summed E-state index contributed by atoms with van der Waals surface area (Å²) in [6, 6.07) is 13.6. The van der Waals surface area contributed by atoms with E-state index >= 15 is 0 Å². The van der Waals surface area contributed by atoms with Crippen molar-refractivity contribution in [2.45, 2.75) is 26.8 Å². The molecule has 1 N–H and O–H groups in total. The monoisotopic (exact) mass is 496 g/mol. The molecule has 190 valence electrons. The van der Waals surface area contributed by atoms with Crippen molar-refractivity contribution in [2.24, 2.45) is 0 Å². The van der Waals surface area contributed by atoms with Crippen molar-refractivity contribution >= 4 is 6.01 Å². The lowest BCUT2D eigenvalue weighted by Crippen LogP contribution is -2.22. The van der Waals surface area contributed by atoms with Crippen LogP contribution in [0.4, 0.5) is 14.8 Å². The van der Waals surface area contributed by atoms with Crippen molar-refractivity contribution in [3.05, 3.63) is 82.1 Å². The highest BCUT2D eigenvalue weighted by Gasteiger charge is 2.11. The van der Waals surface area contributed by atoms with E-state index in [1.807, 2.05) is 52.2 Å². The van der Waals surface area contributed by atoms with Crippen molar-refractivity contribution in [3.63, 3.8) is 0 Å². The maximum absolute atomic E-state index is 13.6. The van der Waals surface area contributed by atoms with Gasteiger partial charge in [0.05, 0.1) is 12.2 Å². The Morgan fingerprint density at radius 2 is 1.75 bits per heavy atom. The summed E-state index contributed by atoms with van der Waals surface area (Å²) in [5, 5.41) is 11.4. The van der Waals surface area contributed by atoms with E-state index in [1.54, 1.807) is 0 Å². The van der Waals surface area contributed by atoms with Crippen LogP contribution in [-0.4, -0.2) is 52.0 Å². The first-order chi connectivity index (χ1) is 17.4. The van der Waals surface area contributed by atoms with Crippen LogP contribution in [0.1, 0.15) is 25.8 Å². The highest BCUT2D eigenvalue weighted by Crippen LogP contribution is 2.21. The maximum atomic E-state index is 13.6. The van der Waals surface area contributed by atoms with Crippen molar-refractivity contribution in [1.29, 1.82) is 0 Å². The third kappa shape index (κ3) is 7.29. The number of rotatable bonds is 9. The summed E-state index contributed by atoms with van der Waals surface area (Å²) in [6.07, 6.45) is 0.934. The van der Waals surface area contributed by atoms with E-state index in [0.29, 0.717) is 18.4 Å². The van der Waals surface area contributed by atoms with Gasteiger partial charge in [-0.1, -0.05) is 37.2 Å². The summed E-state index contributed by atoms with van der Waals surface area (Å²) < 4.78 is 33.7. The molecule has 2 aromatic carbocycles. The third-order valence-electron chi connectivity index (χ3n) is 5.03. The molecule has 0 radical (unpaired) electrons. The van der Waals surface area contributed by atoms with E-state index in [0.717, 1.165) is 30.2 Å². The molecule has 0 bridgehead atoms. The minimum Gasteiger partial charge on any atom is -0.338 e. The zero-order valence-electron chi connectivity index (χ0n) is 20.8. The van der Waals surface area contributed by atoms with Crippen molar-refractivity contribution in [3.8, 4) is 22.6 Å². The minimum atomic E-state index is -0.714. The van der Waals surface area contributed by atoms with Gasteiger partial charge in [0.2, 0.25) is 5.82 Å². The Bertz CT molecular complexity index is 1320. The smallest absolute Gasteiger partial charge is 0.321 e. The van der Waals surface area contributed by atoms with Gasteiger partial charge in [-0.2, -0.15) is 10.1 Å². The fraction of sp³-hybridized carbons (Fsp3) is 0.308. The topological polar surface area (TPSA) is 89.1 Å². The van der Waals surface area contributed by atoms with Crippen LogP contribution in [0.3, 0.4) is 0 Å². The van der Waals surface area contributed by atoms with Gasteiger partial charge in [0.1, 0.15) is 11.6 Å². The second-order valence-electron chi connectivity index (χ2n) is 8.08. The summed E-state index contributed by atoms with van der Waals surface area (Å²) in [5.41, 5.74) is 1.70. The van der Waals surface area contributed by atoms with Crippen LogP contribution in [0.15, 0.2) is 63.9 Å². The number of hydrogen-bond donors (Lipinski definition) is 1. The molecule has 0 unspecified atom stereocenters.